The summed E-state index contributed by atoms with van der Waals surface area (Å²) in [5.41, 5.74) is 0.423. The van der Waals surface area contributed by atoms with Crippen LogP contribution in [0.3, 0.4) is 0 Å². The van der Waals surface area contributed by atoms with E-state index in [2.05, 4.69) is 23.8 Å². The number of hydrogen-bond acceptors (Lipinski definition) is 4. The number of fused-ring (bicyclic) bond motifs is 1. The molecular weight excluding hydrogens is 323 g/mol. The average Bonchev–Trinajstić information content (AvgIpc) is 2.89. The minimum absolute atomic E-state index is 0.159. The van der Waals surface area contributed by atoms with Gasteiger partial charge in [0.2, 0.25) is 18.0 Å². The maximum absolute atomic E-state index is 13.8. The Labute approximate surface area is 147 Å². The van der Waals surface area contributed by atoms with Crippen LogP contribution in [0.4, 0.5) is 4.39 Å². The molecule has 7 heteroatoms. The van der Waals surface area contributed by atoms with Gasteiger partial charge in [0, 0.05) is 43.9 Å². The smallest absolute Gasteiger partial charge is 0.289 e. The summed E-state index contributed by atoms with van der Waals surface area (Å²) >= 11 is 0. The Hall–Kier alpha value is -1.79. The highest BCUT2D eigenvalue weighted by atomic mass is 19.1. The van der Waals surface area contributed by atoms with Gasteiger partial charge in [-0.1, -0.05) is 20.8 Å². The van der Waals surface area contributed by atoms with Crippen LogP contribution in [-0.2, 0) is 9.59 Å². The highest BCUT2D eigenvalue weighted by Gasteiger charge is 2.54. The highest BCUT2D eigenvalue weighted by molar-refractivity contribution is 6.17. The van der Waals surface area contributed by atoms with Crippen molar-refractivity contribution in [3.05, 3.63) is 0 Å². The van der Waals surface area contributed by atoms with Crippen LogP contribution in [0, 0.1) is 23.2 Å². The minimum Gasteiger partial charge on any atom is -0.342 e. The van der Waals surface area contributed by atoms with Crippen LogP contribution < -0.4 is 0 Å². The van der Waals surface area contributed by atoms with E-state index in [-0.39, 0.29) is 17.0 Å². The molecule has 3 aliphatic heterocycles. The molecule has 4 atom stereocenters. The molecule has 1 aliphatic carbocycles. The summed E-state index contributed by atoms with van der Waals surface area (Å²) in [7, 11) is 0. The van der Waals surface area contributed by atoms with Crippen molar-refractivity contribution in [2.75, 3.05) is 26.2 Å². The molecule has 2 amide bonds. The lowest BCUT2D eigenvalue weighted by atomic mass is 10.0. The average molecular weight is 348 g/mol. The molecule has 0 aromatic heterocycles. The van der Waals surface area contributed by atoms with Gasteiger partial charge in [-0.3, -0.25) is 9.59 Å². The largest absolute Gasteiger partial charge is 0.342 e. The molecule has 4 unspecified atom stereocenters. The fraction of sp³-hybridized carbons (Fsp3) is 0.778. The first kappa shape index (κ1) is 16.7. The summed E-state index contributed by atoms with van der Waals surface area (Å²) in [6, 6.07) is 0. The van der Waals surface area contributed by atoms with Crippen LogP contribution in [0.1, 0.15) is 33.6 Å². The first-order valence-corrected chi connectivity index (χ1v) is 9.18. The number of alkyl halides is 1. The van der Waals surface area contributed by atoms with Crippen molar-refractivity contribution >= 4 is 23.5 Å². The van der Waals surface area contributed by atoms with Gasteiger partial charge in [0.15, 0.2) is 0 Å². The second kappa shape index (κ2) is 5.61. The van der Waals surface area contributed by atoms with E-state index >= 15 is 0 Å². The van der Waals surface area contributed by atoms with E-state index in [0.717, 1.165) is 32.6 Å². The number of carbonyl (C=O) groups excluding carboxylic acids is 2. The predicted molar refractivity (Wildman–Crippen MR) is 92.1 cm³/mol. The Morgan fingerprint density at radius 1 is 1.20 bits per heavy atom. The van der Waals surface area contributed by atoms with Crippen LogP contribution in [0.5, 0.6) is 0 Å². The molecule has 3 fully saturated rings. The van der Waals surface area contributed by atoms with Crippen molar-refractivity contribution in [1.82, 2.24) is 9.80 Å². The molecule has 0 aromatic carbocycles. The monoisotopic (exact) mass is 348 g/mol. The van der Waals surface area contributed by atoms with E-state index in [9.17, 15) is 14.0 Å². The first-order chi connectivity index (χ1) is 11.8. The van der Waals surface area contributed by atoms with Gasteiger partial charge in [0.25, 0.3) is 5.91 Å². The zero-order chi connectivity index (χ0) is 17.9. The molecule has 1 saturated carbocycles. The molecule has 4 rings (SSSR count). The molecule has 25 heavy (non-hydrogen) atoms. The maximum Gasteiger partial charge on any atom is 0.289 e. The number of aliphatic imine (C=N–C) groups is 2. The standard InChI is InChI=1S/C18H25FN4O2/c1-4-13-14(19)15(24)21-17(20-13)23-8-10-6-22(7-11(10)9-23)16(25)12-5-18(12,2)3/h10-12,14H,4-9H2,1-3H3. The first-order valence-electron chi connectivity index (χ1n) is 9.18. The Balaban J connectivity index is 1.40. The maximum atomic E-state index is 13.8. The summed E-state index contributed by atoms with van der Waals surface area (Å²) < 4.78 is 13.8. The fourth-order valence-corrected chi connectivity index (χ4v) is 4.35. The van der Waals surface area contributed by atoms with Crippen molar-refractivity contribution in [3.8, 4) is 0 Å². The van der Waals surface area contributed by atoms with Crippen molar-refractivity contribution in [2.45, 2.75) is 39.8 Å². The van der Waals surface area contributed by atoms with Gasteiger partial charge in [0.05, 0.1) is 5.71 Å². The molecule has 6 nitrogen and oxygen atoms in total. The molecule has 0 N–H and O–H groups in total. The van der Waals surface area contributed by atoms with Crippen LogP contribution in [0.15, 0.2) is 9.98 Å². The summed E-state index contributed by atoms with van der Waals surface area (Å²) in [4.78, 5) is 36.4. The van der Waals surface area contributed by atoms with E-state index in [1.54, 1.807) is 6.92 Å². The Morgan fingerprint density at radius 2 is 1.80 bits per heavy atom. The van der Waals surface area contributed by atoms with Crippen LogP contribution in [0.2, 0.25) is 0 Å². The number of guanidine groups is 1. The molecule has 0 bridgehead atoms. The molecular formula is C18H25FN4O2. The van der Waals surface area contributed by atoms with Gasteiger partial charge < -0.3 is 9.80 Å². The summed E-state index contributed by atoms with van der Waals surface area (Å²) in [5, 5.41) is 0. The molecule has 3 heterocycles. The molecule has 0 aromatic rings. The molecule has 136 valence electrons. The zero-order valence-electron chi connectivity index (χ0n) is 15.0. The second-order valence-electron chi connectivity index (χ2n) is 8.48. The second-order valence-corrected chi connectivity index (χ2v) is 8.48. The fourth-order valence-electron chi connectivity index (χ4n) is 4.35. The number of halogens is 1. The summed E-state index contributed by atoms with van der Waals surface area (Å²) in [5.74, 6) is 0.848. The quantitative estimate of drug-likeness (QED) is 0.760. The highest BCUT2D eigenvalue weighted by Crippen LogP contribution is 2.53. The van der Waals surface area contributed by atoms with E-state index in [1.165, 1.54) is 0 Å². The van der Waals surface area contributed by atoms with E-state index in [0.29, 0.717) is 30.1 Å². The normalized spacial score (nSPS) is 36.2. The van der Waals surface area contributed by atoms with Gasteiger partial charge >= 0.3 is 0 Å². The van der Waals surface area contributed by atoms with Gasteiger partial charge in [0.1, 0.15) is 0 Å². The van der Waals surface area contributed by atoms with E-state index in [4.69, 9.17) is 0 Å². The number of hydrogen-bond donors (Lipinski definition) is 0. The van der Waals surface area contributed by atoms with Gasteiger partial charge in [-0.2, -0.15) is 4.99 Å². The van der Waals surface area contributed by atoms with Crippen molar-refractivity contribution in [2.24, 2.45) is 33.2 Å². The number of likely N-dealkylation sites (tertiary alicyclic amines) is 2. The molecule has 0 spiro atoms. The third-order valence-electron chi connectivity index (χ3n) is 6.22. The lowest BCUT2D eigenvalue weighted by Crippen LogP contribution is -2.39. The van der Waals surface area contributed by atoms with Gasteiger partial charge in [-0.15, -0.1) is 0 Å². The SMILES string of the molecule is CCC1=NC(N2CC3CN(C(=O)C4CC4(C)C)CC3C2)=NC(=O)C1F. The lowest BCUT2D eigenvalue weighted by Gasteiger charge is -2.25. The number of amides is 2. The number of rotatable bonds is 2. The van der Waals surface area contributed by atoms with Gasteiger partial charge in [-0.25, -0.2) is 9.38 Å². The zero-order valence-corrected chi connectivity index (χ0v) is 15.0. The van der Waals surface area contributed by atoms with Crippen LogP contribution >= 0.6 is 0 Å². The van der Waals surface area contributed by atoms with E-state index < -0.39 is 12.1 Å². The van der Waals surface area contributed by atoms with Crippen molar-refractivity contribution in [3.63, 3.8) is 0 Å². The topological polar surface area (TPSA) is 65.3 Å². The number of carbonyl (C=O) groups is 2. The summed E-state index contributed by atoms with van der Waals surface area (Å²) in [6.07, 6.45) is -0.292. The lowest BCUT2D eigenvalue weighted by molar-refractivity contribution is -0.132. The minimum atomic E-state index is -1.69. The van der Waals surface area contributed by atoms with Crippen molar-refractivity contribution < 1.29 is 14.0 Å². The predicted octanol–water partition coefficient (Wildman–Crippen LogP) is 1.51. The van der Waals surface area contributed by atoms with E-state index in [1.807, 2.05) is 9.80 Å². The van der Waals surface area contributed by atoms with Crippen molar-refractivity contribution in [1.29, 1.82) is 0 Å². The van der Waals surface area contributed by atoms with Crippen LogP contribution in [0.25, 0.3) is 0 Å². The van der Waals surface area contributed by atoms with Crippen LogP contribution in [-0.4, -0.2) is 65.6 Å². The third kappa shape index (κ3) is 2.77. The number of nitrogens with zero attached hydrogens (tertiary/aromatic N) is 4. The molecule has 2 saturated heterocycles. The molecule has 0 radical (unpaired) electrons. The Kier molecular flexibility index (Phi) is 3.74. The third-order valence-corrected chi connectivity index (χ3v) is 6.22. The summed E-state index contributed by atoms with van der Waals surface area (Å²) in [6.45, 7) is 9.08. The Morgan fingerprint density at radius 3 is 2.32 bits per heavy atom. The van der Waals surface area contributed by atoms with Gasteiger partial charge in [-0.05, 0) is 18.3 Å². The Bertz CT molecular complexity index is 673. The molecule has 4 aliphatic rings.